The van der Waals surface area contributed by atoms with Gasteiger partial charge in [-0.1, -0.05) is 6.07 Å². The molecule has 0 atom stereocenters. The van der Waals surface area contributed by atoms with Crippen LogP contribution in [-0.2, 0) is 0 Å². The number of hydrogen-bond acceptors (Lipinski definition) is 2. The van der Waals surface area contributed by atoms with Gasteiger partial charge in [0.15, 0.2) is 5.82 Å². The summed E-state index contributed by atoms with van der Waals surface area (Å²) in [4.78, 5) is 6.89. The lowest BCUT2D eigenvalue weighted by Gasteiger charge is -2.07. The molecule has 0 saturated carbocycles. The lowest BCUT2D eigenvalue weighted by atomic mass is 10.1. The van der Waals surface area contributed by atoms with Crippen molar-refractivity contribution in [2.45, 2.75) is 6.92 Å². The first-order valence-corrected chi connectivity index (χ1v) is 5.01. The van der Waals surface area contributed by atoms with E-state index in [-0.39, 0.29) is 10.8 Å². The first-order valence-electron chi connectivity index (χ1n) is 4.63. The zero-order valence-corrected chi connectivity index (χ0v) is 9.39. The molecule has 6 heteroatoms. The summed E-state index contributed by atoms with van der Waals surface area (Å²) in [6.45, 7) is 1.44. The fraction of sp³-hybridized carbons (Fsp3) is 0.0909. The smallest absolute Gasteiger partial charge is 0.223 e. The summed E-state index contributed by atoms with van der Waals surface area (Å²) >= 11 is 5.48. The molecule has 0 unspecified atom stereocenters. The molecule has 2 rings (SSSR count). The molecule has 1 aromatic carbocycles. The molecular weight excluding hydrogens is 253 g/mol. The van der Waals surface area contributed by atoms with Crippen LogP contribution in [0.5, 0.6) is 0 Å². The van der Waals surface area contributed by atoms with Crippen molar-refractivity contribution < 1.29 is 13.2 Å². The number of nitrogens with zero attached hydrogens (tertiary/aromatic N) is 2. The summed E-state index contributed by atoms with van der Waals surface area (Å²) in [6.07, 6.45) is 0.770. The summed E-state index contributed by atoms with van der Waals surface area (Å²) in [7, 11) is 0. The fourth-order valence-corrected chi connectivity index (χ4v) is 1.53. The van der Waals surface area contributed by atoms with Crippen molar-refractivity contribution in [1.29, 1.82) is 0 Å². The molecule has 0 amide bonds. The third-order valence-electron chi connectivity index (χ3n) is 2.24. The molecular formula is C11H6ClF3N2. The van der Waals surface area contributed by atoms with Gasteiger partial charge in [-0.05, 0) is 30.2 Å². The second-order valence-electron chi connectivity index (χ2n) is 3.39. The maximum absolute atomic E-state index is 13.7. The molecule has 0 saturated heterocycles. The molecule has 0 aliphatic carbocycles. The largest absolute Gasteiger partial charge is 0.223 e. The molecule has 17 heavy (non-hydrogen) atoms. The molecule has 2 nitrogen and oxygen atoms in total. The first kappa shape index (κ1) is 11.9. The van der Waals surface area contributed by atoms with E-state index in [1.807, 2.05) is 0 Å². The number of hydrogen-bond donors (Lipinski definition) is 0. The van der Waals surface area contributed by atoms with E-state index in [1.54, 1.807) is 0 Å². The van der Waals surface area contributed by atoms with Crippen LogP contribution in [0.3, 0.4) is 0 Å². The van der Waals surface area contributed by atoms with Gasteiger partial charge in [0.25, 0.3) is 0 Å². The molecule has 0 fully saturated rings. The maximum atomic E-state index is 13.7. The maximum Gasteiger partial charge on any atom is 0.223 e. The summed E-state index contributed by atoms with van der Waals surface area (Å²) in [5.41, 5.74) is -0.828. The Morgan fingerprint density at radius 2 is 1.82 bits per heavy atom. The Balaban J connectivity index is 2.76. The number of rotatable bonds is 1. The second kappa shape index (κ2) is 4.33. The third-order valence-corrected chi connectivity index (χ3v) is 2.42. The topological polar surface area (TPSA) is 25.8 Å². The average molecular weight is 259 g/mol. The Morgan fingerprint density at radius 3 is 2.53 bits per heavy atom. The molecule has 0 spiro atoms. The van der Waals surface area contributed by atoms with Crippen molar-refractivity contribution >= 4 is 11.6 Å². The van der Waals surface area contributed by atoms with Gasteiger partial charge in [0, 0.05) is 0 Å². The van der Waals surface area contributed by atoms with Crippen molar-refractivity contribution in [3.05, 3.63) is 46.6 Å². The van der Waals surface area contributed by atoms with E-state index < -0.39 is 28.7 Å². The highest BCUT2D eigenvalue weighted by Gasteiger charge is 2.19. The Kier molecular flexibility index (Phi) is 3.02. The van der Waals surface area contributed by atoms with Crippen molar-refractivity contribution in [3.8, 4) is 11.3 Å². The van der Waals surface area contributed by atoms with Crippen LogP contribution in [-0.4, -0.2) is 9.97 Å². The minimum Gasteiger partial charge on any atom is -0.223 e. The Labute approximate surface area is 100 Å². The second-order valence-corrected chi connectivity index (χ2v) is 3.73. The lowest BCUT2D eigenvalue weighted by molar-refractivity contribution is 0.572. The minimum absolute atomic E-state index is 0.190. The summed E-state index contributed by atoms with van der Waals surface area (Å²) < 4.78 is 40.7. The predicted molar refractivity (Wildman–Crippen MR) is 57.1 cm³/mol. The van der Waals surface area contributed by atoms with Gasteiger partial charge in [-0.15, -0.1) is 0 Å². The number of benzene rings is 1. The van der Waals surface area contributed by atoms with Gasteiger partial charge < -0.3 is 0 Å². The SMILES string of the molecule is Cc1ccc(F)c(-c2nc(Cl)ncc2F)c1F. The van der Waals surface area contributed by atoms with E-state index in [1.165, 1.54) is 13.0 Å². The molecule has 0 N–H and O–H groups in total. The minimum atomic E-state index is -0.933. The Bertz CT molecular complexity index is 587. The summed E-state index contributed by atoms with van der Waals surface area (Å²) in [6, 6.07) is 2.30. The fourth-order valence-electron chi connectivity index (χ4n) is 1.39. The summed E-state index contributed by atoms with van der Waals surface area (Å²) in [5.74, 6) is -2.70. The van der Waals surface area contributed by atoms with Crippen LogP contribution in [0.1, 0.15) is 5.56 Å². The third kappa shape index (κ3) is 2.10. The van der Waals surface area contributed by atoms with Crippen molar-refractivity contribution in [2.75, 3.05) is 0 Å². The van der Waals surface area contributed by atoms with Crippen LogP contribution < -0.4 is 0 Å². The van der Waals surface area contributed by atoms with E-state index in [2.05, 4.69) is 9.97 Å². The Morgan fingerprint density at radius 1 is 1.12 bits per heavy atom. The van der Waals surface area contributed by atoms with Gasteiger partial charge in [-0.2, -0.15) is 0 Å². The molecule has 88 valence electrons. The van der Waals surface area contributed by atoms with Gasteiger partial charge in [0.1, 0.15) is 17.3 Å². The Hall–Kier alpha value is -1.62. The zero-order chi connectivity index (χ0) is 12.6. The average Bonchev–Trinajstić information content (AvgIpc) is 2.29. The predicted octanol–water partition coefficient (Wildman–Crippen LogP) is 3.52. The molecule has 0 aliphatic rings. The highest BCUT2D eigenvalue weighted by molar-refractivity contribution is 6.28. The van der Waals surface area contributed by atoms with Gasteiger partial charge in [0.2, 0.25) is 5.28 Å². The molecule has 1 aromatic heterocycles. The van der Waals surface area contributed by atoms with Gasteiger partial charge in [-0.3, -0.25) is 0 Å². The molecule has 1 heterocycles. The van der Waals surface area contributed by atoms with Crippen LogP contribution >= 0.6 is 11.6 Å². The van der Waals surface area contributed by atoms with Crippen LogP contribution in [0, 0.1) is 24.4 Å². The normalized spacial score (nSPS) is 10.6. The number of halogens is 4. The van der Waals surface area contributed by atoms with Crippen LogP contribution in [0.15, 0.2) is 18.3 Å². The van der Waals surface area contributed by atoms with Crippen LogP contribution in [0.2, 0.25) is 5.28 Å². The van der Waals surface area contributed by atoms with E-state index >= 15 is 0 Å². The molecule has 0 radical (unpaired) electrons. The first-order chi connectivity index (χ1) is 8.00. The van der Waals surface area contributed by atoms with Crippen molar-refractivity contribution in [3.63, 3.8) is 0 Å². The van der Waals surface area contributed by atoms with Crippen LogP contribution in [0.4, 0.5) is 13.2 Å². The van der Waals surface area contributed by atoms with Crippen LogP contribution in [0.25, 0.3) is 11.3 Å². The highest BCUT2D eigenvalue weighted by Crippen LogP contribution is 2.28. The lowest BCUT2D eigenvalue weighted by Crippen LogP contribution is -1.99. The quantitative estimate of drug-likeness (QED) is 0.732. The zero-order valence-electron chi connectivity index (χ0n) is 8.64. The van der Waals surface area contributed by atoms with Crippen molar-refractivity contribution in [1.82, 2.24) is 9.97 Å². The van der Waals surface area contributed by atoms with E-state index in [9.17, 15) is 13.2 Å². The highest BCUT2D eigenvalue weighted by atomic mass is 35.5. The molecule has 0 aliphatic heterocycles. The number of aryl methyl sites for hydroxylation is 1. The van der Waals surface area contributed by atoms with Crippen molar-refractivity contribution in [2.24, 2.45) is 0 Å². The monoisotopic (exact) mass is 258 g/mol. The van der Waals surface area contributed by atoms with Gasteiger partial charge >= 0.3 is 0 Å². The molecule has 0 bridgehead atoms. The molecule has 2 aromatic rings. The standard InChI is InChI=1S/C11H6ClF3N2/c1-5-2-3-6(13)8(9(5)15)10-7(14)4-16-11(12)17-10/h2-4H,1H3. The van der Waals surface area contributed by atoms with Gasteiger partial charge in [0.05, 0.1) is 11.8 Å². The van der Waals surface area contributed by atoms with E-state index in [4.69, 9.17) is 11.6 Å². The summed E-state index contributed by atoms with van der Waals surface area (Å²) in [5, 5.41) is -0.276. The van der Waals surface area contributed by atoms with E-state index in [0.29, 0.717) is 0 Å². The van der Waals surface area contributed by atoms with Gasteiger partial charge in [-0.25, -0.2) is 23.1 Å². The van der Waals surface area contributed by atoms with E-state index in [0.717, 1.165) is 12.3 Å². The number of aromatic nitrogens is 2.